The predicted molar refractivity (Wildman–Crippen MR) is 155 cm³/mol. The lowest BCUT2D eigenvalue weighted by atomic mass is 10.0. The molecule has 1 N–H and O–H groups in total. The Morgan fingerprint density at radius 3 is 2.08 bits per heavy atom. The van der Waals surface area contributed by atoms with Gasteiger partial charge in [0.05, 0.1) is 11.9 Å². The number of hydrogen-bond donors (Lipinski definition) is 1. The first kappa shape index (κ1) is 29.4. The van der Waals surface area contributed by atoms with Crippen LogP contribution in [-0.2, 0) is 32.6 Å². The van der Waals surface area contributed by atoms with Crippen LogP contribution in [-0.4, -0.2) is 50.5 Å². The van der Waals surface area contributed by atoms with Gasteiger partial charge >= 0.3 is 0 Å². The summed E-state index contributed by atoms with van der Waals surface area (Å²) < 4.78 is 27.4. The highest BCUT2D eigenvalue weighted by Crippen LogP contribution is 2.21. The van der Waals surface area contributed by atoms with E-state index in [1.54, 1.807) is 30.3 Å². The van der Waals surface area contributed by atoms with Crippen molar-refractivity contribution in [2.45, 2.75) is 32.9 Å². The zero-order valence-electron chi connectivity index (χ0n) is 21.9. The summed E-state index contributed by atoms with van der Waals surface area (Å²) in [6, 6.07) is 24.7. The lowest BCUT2D eigenvalue weighted by molar-refractivity contribution is -0.140. The smallest absolute Gasteiger partial charge is 0.244 e. The monoisotopic (exact) mass is 599 g/mol. The number of carbonyl (C=O) groups excluding carboxylic acids is 2. The fourth-order valence-electron chi connectivity index (χ4n) is 4.02. The van der Waals surface area contributed by atoms with Crippen molar-refractivity contribution >= 4 is 43.5 Å². The third-order valence-electron chi connectivity index (χ3n) is 5.92. The van der Waals surface area contributed by atoms with Crippen LogP contribution in [0.1, 0.15) is 25.0 Å². The second kappa shape index (κ2) is 13.6. The van der Waals surface area contributed by atoms with E-state index in [0.717, 1.165) is 26.2 Å². The molecule has 0 aliphatic heterocycles. The van der Waals surface area contributed by atoms with Crippen LogP contribution >= 0.6 is 15.9 Å². The molecule has 0 saturated heterocycles. The molecule has 0 spiro atoms. The summed E-state index contributed by atoms with van der Waals surface area (Å²) in [5.74, 6) is -0.527. The lowest BCUT2D eigenvalue weighted by Gasteiger charge is -2.33. The second-order valence-corrected chi connectivity index (χ2v) is 12.4. The van der Waals surface area contributed by atoms with E-state index in [1.807, 2.05) is 68.4 Å². The predicted octanol–water partition coefficient (Wildman–Crippen LogP) is 4.63. The third-order valence-corrected chi connectivity index (χ3v) is 7.55. The highest BCUT2D eigenvalue weighted by atomic mass is 79.9. The van der Waals surface area contributed by atoms with Crippen molar-refractivity contribution in [2.24, 2.45) is 5.92 Å². The van der Waals surface area contributed by atoms with Gasteiger partial charge in [0.15, 0.2) is 0 Å². The number of nitrogens with zero attached hydrogens (tertiary/aromatic N) is 2. The number of halogens is 1. The van der Waals surface area contributed by atoms with Gasteiger partial charge in [-0.15, -0.1) is 0 Å². The van der Waals surface area contributed by atoms with Crippen LogP contribution in [0.4, 0.5) is 5.69 Å². The number of carbonyl (C=O) groups is 2. The summed E-state index contributed by atoms with van der Waals surface area (Å²) in [6.45, 7) is 4.17. The summed E-state index contributed by atoms with van der Waals surface area (Å²) in [4.78, 5) is 29.0. The first-order valence-electron chi connectivity index (χ1n) is 12.4. The third kappa shape index (κ3) is 8.70. The van der Waals surface area contributed by atoms with Crippen LogP contribution in [0, 0.1) is 5.92 Å². The van der Waals surface area contributed by atoms with Gasteiger partial charge in [-0.1, -0.05) is 90.4 Å². The molecular weight excluding hydrogens is 566 g/mol. The zero-order chi connectivity index (χ0) is 27.7. The Morgan fingerprint density at radius 2 is 1.50 bits per heavy atom. The molecule has 0 saturated carbocycles. The largest absolute Gasteiger partial charge is 0.354 e. The SMILES string of the molecule is CC(C)CNC(=O)[C@@H](Cc1ccccc1)N(Cc1cccc(Br)c1)C(=O)CN(c1ccccc1)S(C)(=O)=O. The van der Waals surface area contributed by atoms with Crippen molar-refractivity contribution in [1.82, 2.24) is 10.2 Å². The van der Waals surface area contributed by atoms with E-state index in [0.29, 0.717) is 12.2 Å². The number of amides is 2. The maximum atomic E-state index is 14.0. The molecule has 0 unspecified atom stereocenters. The molecule has 3 aromatic carbocycles. The molecule has 202 valence electrons. The van der Waals surface area contributed by atoms with Gasteiger partial charge in [0.2, 0.25) is 21.8 Å². The molecular formula is C29H34BrN3O4S. The molecule has 0 fully saturated rings. The average Bonchev–Trinajstić information content (AvgIpc) is 2.88. The molecule has 3 aromatic rings. The summed E-state index contributed by atoms with van der Waals surface area (Å²) in [6.07, 6.45) is 1.36. The number of hydrogen-bond acceptors (Lipinski definition) is 4. The molecule has 0 heterocycles. The summed E-state index contributed by atoms with van der Waals surface area (Å²) in [5.41, 5.74) is 2.09. The lowest BCUT2D eigenvalue weighted by Crippen LogP contribution is -2.53. The van der Waals surface area contributed by atoms with Gasteiger partial charge in [-0.3, -0.25) is 13.9 Å². The van der Waals surface area contributed by atoms with Gasteiger partial charge in [-0.25, -0.2) is 8.42 Å². The van der Waals surface area contributed by atoms with Crippen molar-refractivity contribution in [3.05, 3.63) is 101 Å². The minimum Gasteiger partial charge on any atom is -0.354 e. The highest BCUT2D eigenvalue weighted by Gasteiger charge is 2.33. The van der Waals surface area contributed by atoms with Gasteiger partial charge in [0.1, 0.15) is 12.6 Å². The van der Waals surface area contributed by atoms with E-state index in [9.17, 15) is 18.0 Å². The van der Waals surface area contributed by atoms with Gasteiger partial charge in [-0.2, -0.15) is 0 Å². The molecule has 0 bridgehead atoms. The van der Waals surface area contributed by atoms with E-state index in [-0.39, 0.29) is 24.8 Å². The van der Waals surface area contributed by atoms with Gasteiger partial charge in [0.25, 0.3) is 0 Å². The van der Waals surface area contributed by atoms with Crippen molar-refractivity contribution in [2.75, 3.05) is 23.7 Å². The Hall–Kier alpha value is -3.17. The summed E-state index contributed by atoms with van der Waals surface area (Å²) in [5, 5.41) is 2.98. The Labute approximate surface area is 234 Å². The van der Waals surface area contributed by atoms with E-state index in [2.05, 4.69) is 21.2 Å². The number of sulfonamides is 1. The van der Waals surface area contributed by atoms with Crippen LogP contribution in [0.5, 0.6) is 0 Å². The van der Waals surface area contributed by atoms with Crippen LogP contribution < -0.4 is 9.62 Å². The van der Waals surface area contributed by atoms with Crippen LogP contribution in [0.3, 0.4) is 0 Å². The van der Waals surface area contributed by atoms with E-state index in [1.165, 1.54) is 4.90 Å². The quantitative estimate of drug-likeness (QED) is 0.329. The molecule has 3 rings (SSSR count). The summed E-state index contributed by atoms with van der Waals surface area (Å²) in [7, 11) is -3.77. The van der Waals surface area contributed by atoms with E-state index >= 15 is 0 Å². The molecule has 9 heteroatoms. The molecule has 1 atom stereocenters. The summed E-state index contributed by atoms with van der Waals surface area (Å²) >= 11 is 3.48. The fourth-order valence-corrected chi connectivity index (χ4v) is 5.31. The maximum absolute atomic E-state index is 14.0. The first-order chi connectivity index (χ1) is 18.0. The number of para-hydroxylation sites is 1. The molecule has 38 heavy (non-hydrogen) atoms. The van der Waals surface area contributed by atoms with Crippen molar-refractivity contribution in [3.8, 4) is 0 Å². The standard InChI is InChI=1S/C29H34BrN3O4S/c1-22(2)19-31-29(35)27(18-23-11-6-4-7-12-23)32(20-24-13-10-14-25(30)17-24)28(34)21-33(38(3,36)37)26-15-8-5-9-16-26/h4-17,22,27H,18-21H2,1-3H3,(H,31,35)/t27-/m1/s1. The van der Waals surface area contributed by atoms with Crippen LogP contribution in [0.25, 0.3) is 0 Å². The molecule has 0 aliphatic carbocycles. The van der Waals surface area contributed by atoms with Crippen molar-refractivity contribution < 1.29 is 18.0 Å². The highest BCUT2D eigenvalue weighted by molar-refractivity contribution is 9.10. The van der Waals surface area contributed by atoms with E-state index < -0.39 is 28.5 Å². The van der Waals surface area contributed by atoms with E-state index in [4.69, 9.17) is 0 Å². The molecule has 2 amide bonds. The van der Waals surface area contributed by atoms with Crippen molar-refractivity contribution in [3.63, 3.8) is 0 Å². The number of anilines is 1. The Kier molecular flexibility index (Phi) is 10.5. The zero-order valence-corrected chi connectivity index (χ0v) is 24.3. The normalized spacial score (nSPS) is 12.1. The Bertz CT molecular complexity index is 1320. The van der Waals surface area contributed by atoms with Crippen molar-refractivity contribution in [1.29, 1.82) is 0 Å². The number of benzene rings is 3. The topological polar surface area (TPSA) is 86.8 Å². The van der Waals surface area contributed by atoms with Gasteiger partial charge in [0, 0.05) is 24.0 Å². The average molecular weight is 601 g/mol. The molecule has 0 aromatic heterocycles. The van der Waals surface area contributed by atoms with Crippen LogP contribution in [0.2, 0.25) is 0 Å². The van der Waals surface area contributed by atoms with Gasteiger partial charge in [-0.05, 0) is 41.3 Å². The first-order valence-corrected chi connectivity index (χ1v) is 15.1. The number of rotatable bonds is 12. The number of nitrogens with one attached hydrogen (secondary N) is 1. The second-order valence-electron chi connectivity index (χ2n) is 9.60. The van der Waals surface area contributed by atoms with Crippen LogP contribution in [0.15, 0.2) is 89.4 Å². The minimum absolute atomic E-state index is 0.136. The molecule has 0 aliphatic rings. The molecule has 0 radical (unpaired) electrons. The van der Waals surface area contributed by atoms with Gasteiger partial charge < -0.3 is 10.2 Å². The molecule has 7 nitrogen and oxygen atoms in total. The maximum Gasteiger partial charge on any atom is 0.244 e. The minimum atomic E-state index is -3.77. The fraction of sp³-hybridized carbons (Fsp3) is 0.310. The Balaban J connectivity index is 2.03. The Morgan fingerprint density at radius 1 is 0.895 bits per heavy atom.